The number of aromatic nitrogens is 3. The molecule has 3 heterocycles. The number of halogens is 2. The molecule has 0 spiro atoms. The molecule has 0 saturated carbocycles. The molecule has 0 atom stereocenters. The highest BCUT2D eigenvalue weighted by Gasteiger charge is 2.20. The third kappa shape index (κ3) is 3.57. The lowest BCUT2D eigenvalue weighted by Gasteiger charge is -2.10. The molecule has 0 fully saturated rings. The van der Waals surface area contributed by atoms with E-state index in [1.807, 2.05) is 0 Å². The number of nitrogens with zero attached hydrogens (tertiary/aromatic N) is 3. The number of anilines is 1. The number of benzene rings is 1. The van der Waals surface area contributed by atoms with Gasteiger partial charge >= 0.3 is 0 Å². The number of carbonyl (C=O) groups is 1. The molecule has 1 aromatic carbocycles. The third-order valence-corrected chi connectivity index (χ3v) is 5.31. The van der Waals surface area contributed by atoms with Gasteiger partial charge in [-0.3, -0.25) is 14.6 Å². The number of rotatable bonds is 4. The number of pyridine rings is 1. The van der Waals surface area contributed by atoms with Gasteiger partial charge in [0.25, 0.3) is 11.5 Å². The predicted molar refractivity (Wildman–Crippen MR) is 110 cm³/mol. The Balaban J connectivity index is 1.78. The van der Waals surface area contributed by atoms with E-state index in [2.05, 4.69) is 15.4 Å². The molecule has 7 nitrogen and oxygen atoms in total. The van der Waals surface area contributed by atoms with E-state index in [4.69, 9.17) is 17.3 Å². The summed E-state index contributed by atoms with van der Waals surface area (Å²) in [6.07, 6.45) is 2.65. The summed E-state index contributed by atoms with van der Waals surface area (Å²) in [6, 6.07) is 7.64. The standard InChI is InChI=1S/C19H13ClFN5O2S/c20-11-1-3-12(4-2-11)26-19(28)15-13(9-29-17(15)22)16(25-26)18(27)24-8-10-7-23-6-5-14(10)21/h1-7,9H,8,22H2,(H,24,27). The quantitative estimate of drug-likeness (QED) is 0.518. The van der Waals surface area contributed by atoms with Crippen molar-refractivity contribution in [3.63, 3.8) is 0 Å². The maximum Gasteiger partial charge on any atom is 0.282 e. The lowest BCUT2D eigenvalue weighted by atomic mass is 10.2. The molecule has 3 aromatic heterocycles. The zero-order valence-electron chi connectivity index (χ0n) is 14.7. The van der Waals surface area contributed by atoms with Crippen LogP contribution in [-0.2, 0) is 6.54 Å². The van der Waals surface area contributed by atoms with E-state index >= 15 is 0 Å². The van der Waals surface area contributed by atoms with Gasteiger partial charge in [-0.15, -0.1) is 11.3 Å². The average Bonchev–Trinajstić information content (AvgIpc) is 3.10. The highest BCUT2D eigenvalue weighted by Crippen LogP contribution is 2.27. The predicted octanol–water partition coefficient (Wildman–Crippen LogP) is 3.15. The highest BCUT2D eigenvalue weighted by molar-refractivity contribution is 7.15. The van der Waals surface area contributed by atoms with Crippen molar-refractivity contribution in [3.8, 4) is 5.69 Å². The molecule has 0 unspecified atom stereocenters. The molecule has 0 saturated heterocycles. The van der Waals surface area contributed by atoms with Gasteiger partial charge in [-0.05, 0) is 30.3 Å². The summed E-state index contributed by atoms with van der Waals surface area (Å²) in [5, 5.41) is 9.77. The van der Waals surface area contributed by atoms with Crippen LogP contribution < -0.4 is 16.6 Å². The molecular formula is C19H13ClFN5O2S. The molecule has 146 valence electrons. The maximum atomic E-state index is 13.8. The Labute approximate surface area is 172 Å². The summed E-state index contributed by atoms with van der Waals surface area (Å²) in [4.78, 5) is 29.6. The molecule has 3 N–H and O–H groups in total. The number of fused-ring (bicyclic) bond motifs is 1. The highest BCUT2D eigenvalue weighted by atomic mass is 35.5. The first-order valence-electron chi connectivity index (χ1n) is 8.38. The molecular weight excluding hydrogens is 417 g/mol. The van der Waals surface area contributed by atoms with Gasteiger partial charge in [0.05, 0.1) is 16.1 Å². The van der Waals surface area contributed by atoms with E-state index in [0.29, 0.717) is 16.1 Å². The zero-order chi connectivity index (χ0) is 20.5. The largest absolute Gasteiger partial charge is 0.390 e. The van der Waals surface area contributed by atoms with Crippen molar-refractivity contribution in [1.29, 1.82) is 0 Å². The van der Waals surface area contributed by atoms with Gasteiger partial charge in [-0.25, -0.2) is 4.39 Å². The Kier molecular flexibility index (Phi) is 4.99. The normalized spacial score (nSPS) is 11.0. The summed E-state index contributed by atoms with van der Waals surface area (Å²) < 4.78 is 14.9. The van der Waals surface area contributed by atoms with E-state index < -0.39 is 17.3 Å². The minimum absolute atomic E-state index is 0.00629. The van der Waals surface area contributed by atoms with Gasteiger partial charge in [0.2, 0.25) is 0 Å². The zero-order valence-corrected chi connectivity index (χ0v) is 16.3. The number of nitrogens with two attached hydrogens (primary N) is 1. The van der Waals surface area contributed by atoms with Gasteiger partial charge in [-0.2, -0.15) is 9.78 Å². The lowest BCUT2D eigenvalue weighted by molar-refractivity contribution is 0.0946. The van der Waals surface area contributed by atoms with Crippen LogP contribution in [0.2, 0.25) is 5.02 Å². The SMILES string of the molecule is Nc1scc2c(C(=O)NCc3cnccc3F)nn(-c3ccc(Cl)cc3)c(=O)c12. The molecule has 10 heteroatoms. The van der Waals surface area contributed by atoms with Crippen LogP contribution in [0.1, 0.15) is 16.1 Å². The second-order valence-corrected chi connectivity index (χ2v) is 7.43. The molecule has 0 aliphatic heterocycles. The molecule has 1 amide bonds. The number of nitrogens with one attached hydrogen (secondary N) is 1. The van der Waals surface area contributed by atoms with Gasteiger partial charge in [0.15, 0.2) is 5.69 Å². The minimum Gasteiger partial charge on any atom is -0.390 e. The second-order valence-electron chi connectivity index (χ2n) is 6.08. The maximum absolute atomic E-state index is 13.8. The number of thiophene rings is 1. The topological polar surface area (TPSA) is 103 Å². The summed E-state index contributed by atoms with van der Waals surface area (Å²) in [6.45, 7) is -0.0820. The Hall–Kier alpha value is -3.30. The summed E-state index contributed by atoms with van der Waals surface area (Å²) in [5.74, 6) is -1.05. The first kappa shape index (κ1) is 19.0. The van der Waals surface area contributed by atoms with E-state index in [1.54, 1.807) is 29.6 Å². The Morgan fingerprint density at radius 2 is 2.03 bits per heavy atom. The van der Waals surface area contributed by atoms with Crippen molar-refractivity contribution in [2.24, 2.45) is 0 Å². The Morgan fingerprint density at radius 3 is 2.76 bits per heavy atom. The van der Waals surface area contributed by atoms with Crippen molar-refractivity contribution in [2.75, 3.05) is 5.73 Å². The fraction of sp³-hybridized carbons (Fsp3) is 0.0526. The molecule has 4 aromatic rings. The number of nitrogen functional groups attached to an aromatic ring is 1. The van der Waals surface area contributed by atoms with Gasteiger partial charge < -0.3 is 11.1 Å². The summed E-state index contributed by atoms with van der Waals surface area (Å²) in [5.41, 5.74) is 6.19. The second kappa shape index (κ2) is 7.61. The van der Waals surface area contributed by atoms with Gasteiger partial charge in [0.1, 0.15) is 5.82 Å². The van der Waals surface area contributed by atoms with Crippen molar-refractivity contribution in [1.82, 2.24) is 20.1 Å². The smallest absolute Gasteiger partial charge is 0.282 e. The van der Waals surface area contributed by atoms with Crippen molar-refractivity contribution >= 4 is 44.6 Å². The van der Waals surface area contributed by atoms with Crippen LogP contribution in [0.3, 0.4) is 0 Å². The van der Waals surface area contributed by atoms with Crippen molar-refractivity contribution in [2.45, 2.75) is 6.54 Å². The molecule has 29 heavy (non-hydrogen) atoms. The van der Waals surface area contributed by atoms with Crippen LogP contribution in [0.15, 0.2) is 52.9 Å². The fourth-order valence-corrected chi connectivity index (χ4v) is 3.71. The van der Waals surface area contributed by atoms with E-state index in [-0.39, 0.29) is 28.2 Å². The van der Waals surface area contributed by atoms with Crippen molar-refractivity contribution in [3.05, 3.63) is 80.6 Å². The molecule has 0 aliphatic rings. The van der Waals surface area contributed by atoms with Crippen molar-refractivity contribution < 1.29 is 9.18 Å². The fourth-order valence-electron chi connectivity index (χ4n) is 2.80. The average molecular weight is 430 g/mol. The molecule has 0 bridgehead atoms. The first-order chi connectivity index (χ1) is 14.0. The molecule has 0 aliphatic carbocycles. The van der Waals surface area contributed by atoms with Crippen LogP contribution in [0.4, 0.5) is 9.39 Å². The van der Waals surface area contributed by atoms with Crippen LogP contribution in [0, 0.1) is 5.82 Å². The Bertz CT molecular complexity index is 1290. The summed E-state index contributed by atoms with van der Waals surface area (Å²) in [7, 11) is 0. The van der Waals surface area contributed by atoms with E-state index in [9.17, 15) is 14.0 Å². The monoisotopic (exact) mass is 429 g/mol. The molecule has 0 radical (unpaired) electrons. The van der Waals surface area contributed by atoms with Crippen LogP contribution in [-0.4, -0.2) is 20.7 Å². The summed E-state index contributed by atoms with van der Waals surface area (Å²) >= 11 is 7.05. The van der Waals surface area contributed by atoms with Crippen LogP contribution >= 0.6 is 22.9 Å². The number of hydrogen-bond donors (Lipinski definition) is 2. The number of hydrogen-bond acceptors (Lipinski definition) is 6. The Morgan fingerprint density at radius 1 is 1.28 bits per heavy atom. The number of amides is 1. The van der Waals surface area contributed by atoms with E-state index in [1.165, 1.54) is 18.5 Å². The molecule has 4 rings (SSSR count). The van der Waals surface area contributed by atoms with Crippen LogP contribution in [0.5, 0.6) is 0 Å². The number of carbonyl (C=O) groups excluding carboxylic acids is 1. The first-order valence-corrected chi connectivity index (χ1v) is 9.64. The van der Waals surface area contributed by atoms with Gasteiger partial charge in [0, 0.05) is 40.3 Å². The van der Waals surface area contributed by atoms with Crippen LogP contribution in [0.25, 0.3) is 16.5 Å². The minimum atomic E-state index is -0.571. The third-order valence-electron chi connectivity index (χ3n) is 4.25. The van der Waals surface area contributed by atoms with Gasteiger partial charge in [-0.1, -0.05) is 11.6 Å². The lowest BCUT2D eigenvalue weighted by Crippen LogP contribution is -2.30. The van der Waals surface area contributed by atoms with E-state index in [0.717, 1.165) is 16.0 Å².